The molecule has 0 aliphatic heterocycles. The monoisotopic (exact) mass is 485 g/mol. The first-order valence-corrected chi connectivity index (χ1v) is 10.4. The van der Waals surface area contributed by atoms with Crippen LogP contribution in [-0.4, -0.2) is 53.1 Å². The number of hydrogen-bond donors (Lipinski definition) is 1. The minimum Gasteiger partial charge on any atom is -0.368 e. The lowest BCUT2D eigenvalue weighted by molar-refractivity contribution is -0.357. The van der Waals surface area contributed by atoms with Crippen molar-refractivity contribution in [1.29, 1.82) is 0 Å². The molecule has 0 aromatic carbocycles. The number of amides is 1. The van der Waals surface area contributed by atoms with Gasteiger partial charge < -0.3 is 14.6 Å². The van der Waals surface area contributed by atoms with E-state index in [2.05, 4.69) is 26.4 Å². The Bertz CT molecular complexity index is 842. The van der Waals surface area contributed by atoms with Crippen LogP contribution < -0.4 is 5.32 Å². The molecule has 0 saturated heterocycles. The summed E-state index contributed by atoms with van der Waals surface area (Å²) in [6, 6.07) is 0. The summed E-state index contributed by atoms with van der Waals surface area (Å²) >= 11 is 0. The van der Waals surface area contributed by atoms with Gasteiger partial charge in [-0.2, -0.15) is 0 Å². The third kappa shape index (κ3) is 8.00. The average Bonchev–Trinajstić information content (AvgIpc) is 2.96. The molecule has 13 heteroatoms. The van der Waals surface area contributed by atoms with Crippen LogP contribution in [0.2, 0.25) is 0 Å². The number of aromatic nitrogens is 2. The van der Waals surface area contributed by atoms with Gasteiger partial charge in [0.15, 0.2) is 0 Å². The fourth-order valence-corrected chi connectivity index (χ4v) is 3.73. The van der Waals surface area contributed by atoms with E-state index in [-0.39, 0.29) is 38.2 Å². The van der Waals surface area contributed by atoms with Gasteiger partial charge in [0.25, 0.3) is 0 Å². The van der Waals surface area contributed by atoms with Crippen LogP contribution in [0, 0.1) is 6.92 Å². The zero-order valence-corrected chi connectivity index (χ0v) is 17.8. The molecule has 0 unspecified atom stereocenters. The molecule has 1 amide bonds. The topological polar surface area (TPSA) is 74.6 Å². The summed E-state index contributed by atoms with van der Waals surface area (Å²) in [5.74, 6) is 0.131. The molecule has 0 bridgehead atoms. The van der Waals surface area contributed by atoms with Crippen LogP contribution in [0.4, 0.5) is 26.3 Å². The number of nitrogens with one attached hydrogen (secondary N) is 1. The largest absolute Gasteiger partial charge is 0.522 e. The molecule has 33 heavy (non-hydrogen) atoms. The van der Waals surface area contributed by atoms with E-state index in [9.17, 15) is 31.1 Å². The molecule has 1 heterocycles. The maximum atomic E-state index is 12.2. The van der Waals surface area contributed by atoms with Crippen molar-refractivity contribution in [3.63, 3.8) is 0 Å². The summed E-state index contributed by atoms with van der Waals surface area (Å²) in [4.78, 5) is 16.3. The minimum absolute atomic E-state index is 0.0695. The second-order valence-corrected chi connectivity index (χ2v) is 8.25. The number of rotatable bonds is 10. The normalized spacial score (nSPS) is 25.3. The molecular weight excluding hydrogens is 460 g/mol. The van der Waals surface area contributed by atoms with Crippen LogP contribution in [-0.2, 0) is 25.5 Å². The van der Waals surface area contributed by atoms with Crippen LogP contribution in [0.5, 0.6) is 0 Å². The van der Waals surface area contributed by atoms with Gasteiger partial charge in [-0.15, -0.1) is 26.3 Å². The Labute approximate surface area is 186 Å². The lowest BCUT2D eigenvalue weighted by Crippen LogP contribution is -2.42. The molecule has 2 saturated carbocycles. The average molecular weight is 485 g/mol. The maximum absolute atomic E-state index is 12.2. The maximum Gasteiger partial charge on any atom is 0.522 e. The number of allylic oxidation sites excluding steroid dienone is 1. The van der Waals surface area contributed by atoms with Gasteiger partial charge >= 0.3 is 12.7 Å². The Hall–Kier alpha value is -2.12. The Kier molecular flexibility index (Phi) is 7.74. The molecule has 0 radical (unpaired) electrons. The number of imidazole rings is 1. The second kappa shape index (κ2) is 10.0. The van der Waals surface area contributed by atoms with Crippen LogP contribution in [0.1, 0.15) is 49.5 Å². The number of nitrogens with zero attached hydrogens (tertiary/aromatic N) is 2. The van der Waals surface area contributed by atoms with Crippen LogP contribution >= 0.6 is 0 Å². The highest BCUT2D eigenvalue weighted by Gasteiger charge is 2.42. The number of halogens is 6. The number of hydrogen-bond acceptors (Lipinski definition) is 5. The third-order valence-corrected chi connectivity index (χ3v) is 5.58. The first kappa shape index (κ1) is 25.5. The zero-order valence-electron chi connectivity index (χ0n) is 17.8. The van der Waals surface area contributed by atoms with E-state index in [1.807, 2.05) is 4.57 Å². The minimum atomic E-state index is -4.68. The van der Waals surface area contributed by atoms with E-state index in [0.717, 1.165) is 0 Å². The number of alkyl halides is 6. The van der Waals surface area contributed by atoms with Crippen molar-refractivity contribution in [2.75, 3.05) is 6.61 Å². The fraction of sp³-hybridized carbons (Fsp3) is 0.700. The standard InChI is InChI=1S/C20H25F6N3O4/c1-11(27-18(30)10-31-14-7-16(8-14)33-20(24,25)26)3-4-29-9-17(28-12(29)2)13-5-15(6-13)32-19(21,22)23/h9,13-16H,1,3-8,10H2,2H3,(H,27,30)/t13-,14-,15-,16+. The van der Waals surface area contributed by atoms with Crippen LogP contribution in [0.15, 0.2) is 18.5 Å². The van der Waals surface area contributed by atoms with E-state index in [1.54, 1.807) is 13.1 Å². The van der Waals surface area contributed by atoms with Crippen LogP contribution in [0.25, 0.3) is 0 Å². The second-order valence-electron chi connectivity index (χ2n) is 8.25. The molecule has 1 N–H and O–H groups in total. The summed E-state index contributed by atoms with van der Waals surface area (Å²) in [7, 11) is 0. The van der Waals surface area contributed by atoms with Gasteiger partial charge in [-0.05, 0) is 19.8 Å². The highest BCUT2D eigenvalue weighted by molar-refractivity contribution is 5.78. The van der Waals surface area contributed by atoms with Gasteiger partial charge in [-0.1, -0.05) is 6.58 Å². The molecule has 2 fully saturated rings. The molecule has 1 aromatic rings. The van der Waals surface area contributed by atoms with Gasteiger partial charge in [0.05, 0.1) is 24.0 Å². The SMILES string of the molecule is C=C(CCn1cc([C@H]2C[C@H](OC(F)(F)F)C2)nc1C)NC(=O)CO[C@H]1C[C@@H](OC(F)(F)F)C1. The predicted octanol–water partition coefficient (Wildman–Crippen LogP) is 4.08. The number of ether oxygens (including phenoxy) is 3. The summed E-state index contributed by atoms with van der Waals surface area (Å²) in [5, 5.41) is 2.58. The van der Waals surface area contributed by atoms with Crippen LogP contribution in [0.3, 0.4) is 0 Å². The predicted molar refractivity (Wildman–Crippen MR) is 102 cm³/mol. The van der Waals surface area contributed by atoms with Crippen molar-refractivity contribution in [2.24, 2.45) is 0 Å². The van der Waals surface area contributed by atoms with Crippen molar-refractivity contribution < 1.29 is 45.3 Å². The van der Waals surface area contributed by atoms with Crippen molar-refractivity contribution >= 4 is 5.91 Å². The quantitative estimate of drug-likeness (QED) is 0.506. The Morgan fingerprint density at radius 2 is 1.67 bits per heavy atom. The van der Waals surface area contributed by atoms with Gasteiger partial charge in [0, 0.05) is 43.6 Å². The number of carbonyl (C=O) groups is 1. The molecule has 2 aliphatic rings. The van der Waals surface area contributed by atoms with E-state index in [0.29, 0.717) is 30.2 Å². The number of aryl methyl sites for hydroxylation is 2. The molecule has 0 atom stereocenters. The Morgan fingerprint density at radius 3 is 2.24 bits per heavy atom. The van der Waals surface area contributed by atoms with Gasteiger partial charge in [-0.25, -0.2) is 4.98 Å². The molecule has 3 rings (SSSR count). The summed E-state index contributed by atoms with van der Waals surface area (Å²) in [6.45, 7) is 5.70. The van der Waals surface area contributed by atoms with Gasteiger partial charge in [0.2, 0.25) is 5.91 Å². The molecule has 0 spiro atoms. The van der Waals surface area contributed by atoms with Gasteiger partial charge in [-0.3, -0.25) is 14.3 Å². The van der Waals surface area contributed by atoms with Crippen molar-refractivity contribution in [2.45, 2.75) is 82.5 Å². The number of carbonyl (C=O) groups excluding carboxylic acids is 1. The zero-order chi connectivity index (χ0) is 24.4. The van der Waals surface area contributed by atoms with E-state index in [1.165, 1.54) is 0 Å². The summed E-state index contributed by atoms with van der Waals surface area (Å²) < 4.78 is 87.9. The van der Waals surface area contributed by atoms with Crippen molar-refractivity contribution in [3.8, 4) is 0 Å². The third-order valence-electron chi connectivity index (χ3n) is 5.58. The lowest BCUT2D eigenvalue weighted by Gasteiger charge is -2.34. The van der Waals surface area contributed by atoms with E-state index in [4.69, 9.17) is 4.74 Å². The Morgan fingerprint density at radius 1 is 1.09 bits per heavy atom. The van der Waals surface area contributed by atoms with Crippen molar-refractivity contribution in [1.82, 2.24) is 14.9 Å². The Balaban J connectivity index is 1.32. The van der Waals surface area contributed by atoms with Crippen molar-refractivity contribution in [3.05, 3.63) is 30.0 Å². The first-order valence-electron chi connectivity index (χ1n) is 10.4. The first-order chi connectivity index (χ1) is 15.3. The molecule has 1 aromatic heterocycles. The molecular formula is C20H25F6N3O4. The summed E-state index contributed by atoms with van der Waals surface area (Å²) in [5.41, 5.74) is 1.12. The lowest BCUT2D eigenvalue weighted by atomic mass is 9.80. The van der Waals surface area contributed by atoms with Gasteiger partial charge in [0.1, 0.15) is 12.4 Å². The highest BCUT2D eigenvalue weighted by Crippen LogP contribution is 2.40. The molecule has 186 valence electrons. The van der Waals surface area contributed by atoms with E-state index >= 15 is 0 Å². The van der Waals surface area contributed by atoms with E-state index < -0.39 is 36.9 Å². The fourth-order valence-electron chi connectivity index (χ4n) is 3.73. The molecule has 7 nitrogen and oxygen atoms in total. The smallest absolute Gasteiger partial charge is 0.368 e. The molecule has 2 aliphatic carbocycles. The summed E-state index contributed by atoms with van der Waals surface area (Å²) in [6.07, 6.45) is -8.76. The highest BCUT2D eigenvalue weighted by atomic mass is 19.4.